The van der Waals surface area contributed by atoms with Gasteiger partial charge in [0.25, 0.3) is 0 Å². The molecule has 1 aromatic heterocycles. The number of carbonyl (C=O) groups excluding carboxylic acids is 1. The highest BCUT2D eigenvalue weighted by Crippen LogP contribution is 2.11. The summed E-state index contributed by atoms with van der Waals surface area (Å²) in [5, 5.41) is 0. The van der Waals surface area contributed by atoms with E-state index < -0.39 is 16.1 Å². The Labute approximate surface area is 136 Å². The van der Waals surface area contributed by atoms with E-state index in [0.717, 1.165) is 9.87 Å². The standard InChI is InChI=1S/C16H21N3O3S/c1-14(19-10-6-7-11-19)12-16(20)17-23(21,22)18(2)13-15-8-4-3-5-9-15/h3-11,14H,12-13H2,1-2H3,(H,17,20)/t14-/m0/s1. The molecule has 0 aliphatic heterocycles. The molecule has 0 unspecified atom stereocenters. The lowest BCUT2D eigenvalue weighted by Crippen LogP contribution is -2.41. The van der Waals surface area contributed by atoms with E-state index >= 15 is 0 Å². The van der Waals surface area contributed by atoms with Gasteiger partial charge in [-0.05, 0) is 24.6 Å². The molecule has 2 rings (SSSR count). The fourth-order valence-corrected chi connectivity index (χ4v) is 3.05. The Hall–Kier alpha value is -2.12. The monoisotopic (exact) mass is 335 g/mol. The molecule has 6 nitrogen and oxygen atoms in total. The van der Waals surface area contributed by atoms with Gasteiger partial charge in [0.15, 0.2) is 0 Å². The molecule has 0 saturated carbocycles. The zero-order chi connectivity index (χ0) is 16.9. The van der Waals surface area contributed by atoms with Gasteiger partial charge >= 0.3 is 10.2 Å². The molecule has 124 valence electrons. The van der Waals surface area contributed by atoms with E-state index in [4.69, 9.17) is 0 Å². The van der Waals surface area contributed by atoms with Gasteiger partial charge in [0.05, 0.1) is 0 Å². The Kier molecular flexibility index (Phi) is 5.57. The van der Waals surface area contributed by atoms with E-state index in [0.29, 0.717) is 0 Å². The smallest absolute Gasteiger partial charge is 0.303 e. The number of nitrogens with one attached hydrogen (secondary N) is 1. The first-order valence-corrected chi connectivity index (χ1v) is 8.76. The first-order chi connectivity index (χ1) is 10.9. The molecule has 1 heterocycles. The third kappa shape index (κ3) is 4.94. The van der Waals surface area contributed by atoms with Crippen LogP contribution in [0.4, 0.5) is 0 Å². The number of carbonyl (C=O) groups is 1. The number of benzene rings is 1. The third-order valence-electron chi connectivity index (χ3n) is 3.52. The topological polar surface area (TPSA) is 71.4 Å². The minimum absolute atomic E-state index is 0.0904. The highest BCUT2D eigenvalue weighted by atomic mass is 32.2. The summed E-state index contributed by atoms with van der Waals surface area (Å²) < 4.78 is 29.5. The third-order valence-corrected chi connectivity index (χ3v) is 4.95. The summed E-state index contributed by atoms with van der Waals surface area (Å²) in [6, 6.07) is 12.8. The van der Waals surface area contributed by atoms with Crippen molar-refractivity contribution in [2.24, 2.45) is 0 Å². The van der Waals surface area contributed by atoms with Crippen molar-refractivity contribution in [2.75, 3.05) is 7.05 Å². The molecule has 2 aromatic rings. The molecule has 0 spiro atoms. The van der Waals surface area contributed by atoms with Crippen molar-refractivity contribution in [3.05, 3.63) is 60.4 Å². The van der Waals surface area contributed by atoms with Crippen LogP contribution < -0.4 is 4.72 Å². The lowest BCUT2D eigenvalue weighted by atomic mass is 10.2. The number of nitrogens with zero attached hydrogens (tertiary/aromatic N) is 2. The molecular weight excluding hydrogens is 314 g/mol. The Balaban J connectivity index is 1.93. The van der Waals surface area contributed by atoms with E-state index in [9.17, 15) is 13.2 Å². The number of hydrogen-bond donors (Lipinski definition) is 1. The maximum Gasteiger partial charge on any atom is 0.303 e. The van der Waals surface area contributed by atoms with Gasteiger partial charge in [0.1, 0.15) is 0 Å². The molecule has 0 saturated heterocycles. The van der Waals surface area contributed by atoms with Gasteiger partial charge in [0, 0.05) is 38.4 Å². The maximum absolute atomic E-state index is 12.2. The fraction of sp³-hybridized carbons (Fsp3) is 0.312. The van der Waals surface area contributed by atoms with Crippen molar-refractivity contribution in [1.82, 2.24) is 13.6 Å². The Bertz CT molecular complexity index is 727. The van der Waals surface area contributed by atoms with Gasteiger partial charge < -0.3 is 4.57 Å². The molecule has 1 amide bonds. The molecule has 1 atom stereocenters. The molecule has 23 heavy (non-hydrogen) atoms. The molecule has 0 fully saturated rings. The van der Waals surface area contributed by atoms with Crippen LogP contribution in [0.2, 0.25) is 0 Å². The Morgan fingerprint density at radius 3 is 2.39 bits per heavy atom. The van der Waals surface area contributed by atoms with Crippen molar-refractivity contribution in [1.29, 1.82) is 0 Å². The van der Waals surface area contributed by atoms with E-state index in [1.165, 1.54) is 7.05 Å². The van der Waals surface area contributed by atoms with Crippen molar-refractivity contribution in [2.45, 2.75) is 25.9 Å². The molecule has 0 aliphatic rings. The van der Waals surface area contributed by atoms with Gasteiger partial charge in [-0.25, -0.2) is 4.72 Å². The average molecular weight is 335 g/mol. The average Bonchev–Trinajstić information content (AvgIpc) is 3.01. The number of hydrogen-bond acceptors (Lipinski definition) is 3. The summed E-state index contributed by atoms with van der Waals surface area (Å²) in [5.41, 5.74) is 0.855. The molecule has 0 radical (unpaired) electrons. The van der Waals surface area contributed by atoms with Gasteiger partial charge in [-0.2, -0.15) is 12.7 Å². The van der Waals surface area contributed by atoms with Crippen LogP contribution in [0.3, 0.4) is 0 Å². The highest BCUT2D eigenvalue weighted by molar-refractivity contribution is 7.87. The van der Waals surface area contributed by atoms with Crippen molar-refractivity contribution in [3.8, 4) is 0 Å². The quantitative estimate of drug-likeness (QED) is 0.840. The van der Waals surface area contributed by atoms with Crippen LogP contribution in [0.15, 0.2) is 54.9 Å². The van der Waals surface area contributed by atoms with Gasteiger partial charge in [-0.15, -0.1) is 0 Å². The van der Waals surface area contributed by atoms with Crippen LogP contribution in [0, 0.1) is 0 Å². The van der Waals surface area contributed by atoms with Gasteiger partial charge in [-0.1, -0.05) is 30.3 Å². The van der Waals surface area contributed by atoms with Crippen LogP contribution in [0.1, 0.15) is 24.9 Å². The predicted octanol–water partition coefficient (Wildman–Crippen LogP) is 1.93. The largest absolute Gasteiger partial charge is 0.351 e. The first-order valence-electron chi connectivity index (χ1n) is 7.32. The zero-order valence-corrected chi connectivity index (χ0v) is 14.0. The Morgan fingerprint density at radius 1 is 1.17 bits per heavy atom. The second-order valence-electron chi connectivity index (χ2n) is 5.46. The van der Waals surface area contributed by atoms with Gasteiger partial charge in [0.2, 0.25) is 5.91 Å². The number of amides is 1. The van der Waals surface area contributed by atoms with E-state index in [1.54, 1.807) is 0 Å². The van der Waals surface area contributed by atoms with E-state index in [2.05, 4.69) is 4.72 Å². The van der Waals surface area contributed by atoms with Gasteiger partial charge in [-0.3, -0.25) is 4.79 Å². The zero-order valence-electron chi connectivity index (χ0n) is 13.2. The molecule has 1 aromatic carbocycles. The van der Waals surface area contributed by atoms with Crippen molar-refractivity contribution in [3.63, 3.8) is 0 Å². The second-order valence-corrected chi connectivity index (χ2v) is 7.23. The SMILES string of the molecule is C[C@@H](CC(=O)NS(=O)(=O)N(C)Cc1ccccc1)n1cccc1. The minimum Gasteiger partial charge on any atom is -0.351 e. The summed E-state index contributed by atoms with van der Waals surface area (Å²) in [4.78, 5) is 12.0. The highest BCUT2D eigenvalue weighted by Gasteiger charge is 2.22. The van der Waals surface area contributed by atoms with E-state index in [-0.39, 0.29) is 19.0 Å². The minimum atomic E-state index is -3.85. The number of aromatic nitrogens is 1. The van der Waals surface area contributed by atoms with Crippen molar-refractivity contribution < 1.29 is 13.2 Å². The lowest BCUT2D eigenvalue weighted by molar-refractivity contribution is -0.120. The first kappa shape index (κ1) is 17.2. The van der Waals surface area contributed by atoms with Crippen LogP contribution in [0.25, 0.3) is 0 Å². The summed E-state index contributed by atoms with van der Waals surface area (Å²) in [6.07, 6.45) is 3.77. The molecule has 1 N–H and O–H groups in total. The fourth-order valence-electron chi connectivity index (χ4n) is 2.20. The normalized spacial score (nSPS) is 13.0. The second kappa shape index (κ2) is 7.43. The maximum atomic E-state index is 12.2. The van der Waals surface area contributed by atoms with Crippen LogP contribution in [0.5, 0.6) is 0 Å². The summed E-state index contributed by atoms with van der Waals surface area (Å²) in [5.74, 6) is -0.522. The van der Waals surface area contributed by atoms with Crippen molar-refractivity contribution >= 4 is 16.1 Å². The van der Waals surface area contributed by atoms with Crippen LogP contribution in [-0.2, 0) is 21.5 Å². The Morgan fingerprint density at radius 2 is 1.78 bits per heavy atom. The summed E-state index contributed by atoms with van der Waals surface area (Å²) in [6.45, 7) is 2.07. The predicted molar refractivity (Wildman–Crippen MR) is 88.7 cm³/mol. The summed E-state index contributed by atoms with van der Waals surface area (Å²) >= 11 is 0. The molecule has 7 heteroatoms. The van der Waals surface area contributed by atoms with Crippen LogP contribution in [-0.4, -0.2) is 30.2 Å². The lowest BCUT2D eigenvalue weighted by Gasteiger charge is -2.19. The molecule has 0 aliphatic carbocycles. The molecular formula is C16H21N3O3S. The van der Waals surface area contributed by atoms with Crippen LogP contribution >= 0.6 is 0 Å². The van der Waals surface area contributed by atoms with E-state index in [1.807, 2.05) is 66.3 Å². The number of rotatable bonds is 7. The summed E-state index contributed by atoms with van der Waals surface area (Å²) in [7, 11) is -2.41. The molecule has 0 bridgehead atoms.